The summed E-state index contributed by atoms with van der Waals surface area (Å²) in [5.41, 5.74) is 5.74. The molecule has 32 heavy (non-hydrogen) atoms. The smallest absolute Gasteiger partial charge is 0.200 e. The number of para-hydroxylation sites is 2. The second-order valence-electron chi connectivity index (χ2n) is 7.88. The van der Waals surface area contributed by atoms with E-state index in [1.807, 2.05) is 30.3 Å². The van der Waals surface area contributed by atoms with Gasteiger partial charge in [0.2, 0.25) is 4.73 Å². The molecular formula is C27H19BrN4. The van der Waals surface area contributed by atoms with Gasteiger partial charge in [-0.1, -0.05) is 85.0 Å². The molecule has 0 radical (unpaired) electrons. The third-order valence-corrected chi connectivity index (χ3v) is 6.34. The van der Waals surface area contributed by atoms with E-state index in [1.54, 1.807) is 0 Å². The molecule has 2 atom stereocenters. The molecule has 1 aliphatic heterocycles. The third-order valence-electron chi connectivity index (χ3n) is 5.99. The van der Waals surface area contributed by atoms with Crippen LogP contribution in [0.15, 0.2) is 108 Å². The number of anilines is 2. The van der Waals surface area contributed by atoms with Gasteiger partial charge in [0.1, 0.15) is 0 Å². The van der Waals surface area contributed by atoms with E-state index in [0.29, 0.717) is 16.4 Å². The lowest BCUT2D eigenvalue weighted by molar-refractivity contribution is 0.745. The van der Waals surface area contributed by atoms with Gasteiger partial charge in [-0.05, 0) is 39.7 Å². The molecule has 4 aromatic rings. The van der Waals surface area contributed by atoms with Gasteiger partial charge < -0.3 is 4.90 Å². The van der Waals surface area contributed by atoms with E-state index < -0.39 is 0 Å². The third kappa shape index (κ3) is 3.26. The van der Waals surface area contributed by atoms with Crippen LogP contribution in [0, 0.1) is 0 Å². The Morgan fingerprint density at radius 1 is 0.719 bits per heavy atom. The Labute approximate surface area is 195 Å². The van der Waals surface area contributed by atoms with E-state index >= 15 is 0 Å². The summed E-state index contributed by atoms with van der Waals surface area (Å²) in [5.74, 6) is 1.56. The lowest BCUT2D eigenvalue weighted by atomic mass is 9.88. The van der Waals surface area contributed by atoms with Crippen LogP contribution in [0.1, 0.15) is 17.3 Å². The number of benzene rings is 3. The molecular weight excluding hydrogens is 460 g/mol. The average molecular weight is 479 g/mol. The zero-order chi connectivity index (χ0) is 21.5. The summed E-state index contributed by atoms with van der Waals surface area (Å²) in [7, 11) is 0. The van der Waals surface area contributed by atoms with Crippen LogP contribution in [0.25, 0.3) is 17.0 Å². The van der Waals surface area contributed by atoms with Gasteiger partial charge in [0.15, 0.2) is 11.6 Å². The normalized spacial score (nSPS) is 18.8. The Morgan fingerprint density at radius 3 is 2.22 bits per heavy atom. The van der Waals surface area contributed by atoms with Gasteiger partial charge in [0.25, 0.3) is 0 Å². The van der Waals surface area contributed by atoms with Gasteiger partial charge in [0, 0.05) is 28.4 Å². The summed E-state index contributed by atoms with van der Waals surface area (Å²) >= 11 is 3.48. The molecule has 0 bridgehead atoms. The van der Waals surface area contributed by atoms with Crippen molar-refractivity contribution in [3.05, 3.63) is 119 Å². The van der Waals surface area contributed by atoms with Crippen LogP contribution in [0.3, 0.4) is 0 Å². The maximum absolute atomic E-state index is 4.79. The largest absolute Gasteiger partial charge is 0.333 e. The fourth-order valence-electron chi connectivity index (χ4n) is 4.58. The standard InChI is InChI=1S/C27H19BrN4/c28-27-30-25(18-9-3-1-4-10-18)29-26(31-27)19-15-16-24-22(17-19)21-13-7-8-14-23(21)32(24)20-11-5-2-6-12-20/h1-17,22,24H. The van der Waals surface area contributed by atoms with E-state index in [2.05, 4.69) is 104 Å². The predicted molar refractivity (Wildman–Crippen MR) is 132 cm³/mol. The van der Waals surface area contributed by atoms with Crippen LogP contribution in [0.4, 0.5) is 11.4 Å². The molecule has 0 N–H and O–H groups in total. The van der Waals surface area contributed by atoms with Crippen molar-refractivity contribution in [2.24, 2.45) is 0 Å². The van der Waals surface area contributed by atoms with Crippen molar-refractivity contribution in [3.63, 3.8) is 0 Å². The molecule has 0 saturated carbocycles. The molecule has 4 nitrogen and oxygen atoms in total. The molecule has 3 aromatic carbocycles. The Morgan fingerprint density at radius 2 is 1.41 bits per heavy atom. The highest BCUT2D eigenvalue weighted by molar-refractivity contribution is 9.10. The number of halogens is 1. The van der Waals surface area contributed by atoms with Crippen molar-refractivity contribution < 1.29 is 0 Å². The Bertz CT molecular complexity index is 1350. The Kier molecular flexibility index (Phi) is 4.69. The SMILES string of the molecule is Brc1nc(C2=CC3c4ccccc4N(c4ccccc4)C3C=C2)nc(-c2ccccc2)n1. The van der Waals surface area contributed by atoms with E-state index in [-0.39, 0.29) is 12.0 Å². The highest BCUT2D eigenvalue weighted by atomic mass is 79.9. The fourth-order valence-corrected chi connectivity index (χ4v) is 4.92. The lowest BCUT2D eigenvalue weighted by Gasteiger charge is -2.29. The molecule has 154 valence electrons. The monoisotopic (exact) mass is 478 g/mol. The number of allylic oxidation sites excluding steroid dienone is 2. The summed E-state index contributed by atoms with van der Waals surface area (Å²) in [6, 6.07) is 29.4. The van der Waals surface area contributed by atoms with Crippen LogP contribution in [-0.4, -0.2) is 21.0 Å². The molecule has 5 heteroatoms. The summed E-state index contributed by atoms with van der Waals surface area (Å²) in [5, 5.41) is 0. The van der Waals surface area contributed by atoms with Crippen molar-refractivity contribution in [1.82, 2.24) is 15.0 Å². The van der Waals surface area contributed by atoms with Crippen LogP contribution in [0.2, 0.25) is 0 Å². The number of hydrogen-bond donors (Lipinski definition) is 0. The minimum atomic E-state index is 0.220. The van der Waals surface area contributed by atoms with Gasteiger partial charge in [-0.3, -0.25) is 0 Å². The number of nitrogens with zero attached hydrogens (tertiary/aromatic N) is 4. The van der Waals surface area contributed by atoms with Crippen molar-refractivity contribution >= 4 is 32.9 Å². The van der Waals surface area contributed by atoms with E-state index in [0.717, 1.165) is 11.1 Å². The van der Waals surface area contributed by atoms with Crippen molar-refractivity contribution in [2.75, 3.05) is 4.90 Å². The summed E-state index contributed by atoms with van der Waals surface area (Å²) in [6.07, 6.45) is 6.70. The second kappa shape index (κ2) is 7.84. The summed E-state index contributed by atoms with van der Waals surface area (Å²) < 4.78 is 0.538. The van der Waals surface area contributed by atoms with E-state index in [4.69, 9.17) is 4.98 Å². The van der Waals surface area contributed by atoms with Crippen LogP contribution in [-0.2, 0) is 0 Å². The topological polar surface area (TPSA) is 41.9 Å². The van der Waals surface area contributed by atoms with Crippen molar-refractivity contribution in [2.45, 2.75) is 12.0 Å². The van der Waals surface area contributed by atoms with Gasteiger partial charge in [-0.15, -0.1) is 0 Å². The maximum Gasteiger partial charge on any atom is 0.200 e. The molecule has 2 heterocycles. The van der Waals surface area contributed by atoms with Gasteiger partial charge in [-0.2, -0.15) is 0 Å². The molecule has 2 aliphatic rings. The van der Waals surface area contributed by atoms with Gasteiger partial charge in [-0.25, -0.2) is 15.0 Å². The molecule has 1 aliphatic carbocycles. The first-order chi connectivity index (χ1) is 15.8. The molecule has 6 rings (SSSR count). The predicted octanol–water partition coefficient (Wildman–Crippen LogP) is 6.56. The van der Waals surface area contributed by atoms with Crippen LogP contribution in [0.5, 0.6) is 0 Å². The van der Waals surface area contributed by atoms with Crippen LogP contribution < -0.4 is 4.90 Å². The number of fused-ring (bicyclic) bond motifs is 3. The second-order valence-corrected chi connectivity index (χ2v) is 8.59. The quantitative estimate of drug-likeness (QED) is 0.334. The molecule has 1 aromatic heterocycles. The maximum atomic E-state index is 4.79. The van der Waals surface area contributed by atoms with E-state index in [9.17, 15) is 0 Å². The average Bonchev–Trinajstić information content (AvgIpc) is 3.18. The molecule has 0 saturated heterocycles. The fraction of sp³-hybridized carbons (Fsp3) is 0.0741. The van der Waals surface area contributed by atoms with Crippen LogP contribution >= 0.6 is 15.9 Å². The molecule has 0 spiro atoms. The Balaban J connectivity index is 1.43. The highest BCUT2D eigenvalue weighted by Crippen LogP contribution is 2.48. The zero-order valence-corrected chi connectivity index (χ0v) is 18.7. The number of aromatic nitrogens is 3. The zero-order valence-electron chi connectivity index (χ0n) is 17.1. The first kappa shape index (κ1) is 19.1. The number of hydrogen-bond acceptors (Lipinski definition) is 4. The van der Waals surface area contributed by atoms with Crippen molar-refractivity contribution in [1.29, 1.82) is 0 Å². The summed E-state index contributed by atoms with van der Waals surface area (Å²) in [4.78, 5) is 16.3. The minimum Gasteiger partial charge on any atom is -0.333 e. The number of rotatable bonds is 3. The van der Waals surface area contributed by atoms with E-state index in [1.165, 1.54) is 16.9 Å². The first-order valence-corrected chi connectivity index (χ1v) is 11.4. The highest BCUT2D eigenvalue weighted by Gasteiger charge is 2.38. The molecule has 0 amide bonds. The molecule has 2 unspecified atom stereocenters. The molecule has 0 fully saturated rings. The lowest BCUT2D eigenvalue weighted by Crippen LogP contribution is -2.29. The first-order valence-electron chi connectivity index (χ1n) is 10.6. The minimum absolute atomic E-state index is 0.220. The summed E-state index contributed by atoms with van der Waals surface area (Å²) in [6.45, 7) is 0. The van der Waals surface area contributed by atoms with Gasteiger partial charge in [0.05, 0.1) is 6.04 Å². The Hall–Kier alpha value is -3.57. The van der Waals surface area contributed by atoms with Crippen molar-refractivity contribution in [3.8, 4) is 11.4 Å². The van der Waals surface area contributed by atoms with Gasteiger partial charge >= 0.3 is 0 Å².